The Bertz CT molecular complexity index is 1140. The number of carbonyl (C=O) groups is 1. The molecule has 0 saturated heterocycles. The topological polar surface area (TPSA) is 46.9 Å². The first kappa shape index (κ1) is 18.6. The number of nitrogens with zero attached hydrogens (tertiary/aromatic N) is 2. The van der Waals surface area contributed by atoms with E-state index in [4.69, 9.17) is 0 Å². The minimum absolute atomic E-state index is 0.0687. The summed E-state index contributed by atoms with van der Waals surface area (Å²) in [6.07, 6.45) is 3.62. The predicted molar refractivity (Wildman–Crippen MR) is 108 cm³/mol. The molecule has 1 aromatic heterocycles. The van der Waals surface area contributed by atoms with Crippen LogP contribution in [0.4, 0.5) is 14.5 Å². The van der Waals surface area contributed by atoms with Gasteiger partial charge in [-0.25, -0.2) is 8.78 Å². The number of amides is 1. The van der Waals surface area contributed by atoms with Crippen LogP contribution in [0, 0.1) is 11.6 Å². The van der Waals surface area contributed by atoms with Gasteiger partial charge < -0.3 is 5.32 Å². The van der Waals surface area contributed by atoms with E-state index in [9.17, 15) is 13.6 Å². The Hall–Kier alpha value is -3.80. The fraction of sp³-hybridized carbons (Fsp3) is 0.0435. The van der Waals surface area contributed by atoms with Crippen molar-refractivity contribution in [1.29, 1.82) is 0 Å². The van der Waals surface area contributed by atoms with E-state index in [1.165, 1.54) is 6.07 Å². The summed E-state index contributed by atoms with van der Waals surface area (Å²) in [6.45, 7) is 0.652. The zero-order valence-electron chi connectivity index (χ0n) is 15.3. The highest BCUT2D eigenvalue weighted by Crippen LogP contribution is 2.26. The first-order valence-corrected chi connectivity index (χ1v) is 9.02. The van der Waals surface area contributed by atoms with Crippen LogP contribution in [0.15, 0.2) is 85.2 Å². The molecule has 0 saturated carbocycles. The third-order valence-corrected chi connectivity index (χ3v) is 4.52. The fourth-order valence-corrected chi connectivity index (χ4v) is 3.08. The summed E-state index contributed by atoms with van der Waals surface area (Å²) in [6, 6.07) is 19.8. The van der Waals surface area contributed by atoms with E-state index in [1.54, 1.807) is 18.3 Å². The van der Waals surface area contributed by atoms with Crippen molar-refractivity contribution in [2.45, 2.75) is 6.54 Å². The quantitative estimate of drug-likeness (QED) is 0.514. The molecule has 29 heavy (non-hydrogen) atoms. The van der Waals surface area contributed by atoms with Gasteiger partial charge in [0.2, 0.25) is 0 Å². The Morgan fingerprint density at radius 3 is 2.48 bits per heavy atom. The minimum atomic E-state index is -0.821. The highest BCUT2D eigenvalue weighted by Gasteiger charge is 2.14. The number of rotatable bonds is 5. The number of anilines is 1. The summed E-state index contributed by atoms with van der Waals surface area (Å²) in [5, 5.41) is 6.70. The Morgan fingerprint density at radius 2 is 1.76 bits per heavy atom. The first-order valence-electron chi connectivity index (χ1n) is 9.02. The van der Waals surface area contributed by atoms with E-state index in [0.29, 0.717) is 12.1 Å². The van der Waals surface area contributed by atoms with Crippen LogP contribution in [0.25, 0.3) is 11.1 Å². The lowest BCUT2D eigenvalue weighted by molar-refractivity contribution is 0.102. The maximum atomic E-state index is 13.9. The summed E-state index contributed by atoms with van der Waals surface area (Å²) < 4.78 is 28.8. The molecule has 0 aliphatic rings. The van der Waals surface area contributed by atoms with Gasteiger partial charge in [-0.3, -0.25) is 9.48 Å². The van der Waals surface area contributed by atoms with Crippen molar-refractivity contribution in [3.05, 3.63) is 108 Å². The zero-order valence-corrected chi connectivity index (χ0v) is 15.3. The number of nitrogens with one attached hydrogen (secondary N) is 1. The van der Waals surface area contributed by atoms with Gasteiger partial charge >= 0.3 is 0 Å². The molecule has 6 heteroatoms. The van der Waals surface area contributed by atoms with E-state index >= 15 is 0 Å². The Balaban J connectivity index is 1.58. The van der Waals surface area contributed by atoms with Crippen LogP contribution in [0.3, 0.4) is 0 Å². The van der Waals surface area contributed by atoms with Gasteiger partial charge in [-0.15, -0.1) is 0 Å². The Labute approximate surface area is 166 Å². The monoisotopic (exact) mass is 389 g/mol. The van der Waals surface area contributed by atoms with Crippen molar-refractivity contribution in [1.82, 2.24) is 9.78 Å². The van der Waals surface area contributed by atoms with Gasteiger partial charge in [0.1, 0.15) is 11.6 Å². The Kier molecular flexibility index (Phi) is 5.16. The van der Waals surface area contributed by atoms with E-state index < -0.39 is 17.5 Å². The van der Waals surface area contributed by atoms with Gasteiger partial charge in [-0.05, 0) is 41.0 Å². The van der Waals surface area contributed by atoms with E-state index in [1.807, 2.05) is 53.3 Å². The predicted octanol–water partition coefficient (Wildman–Crippen LogP) is 5.13. The molecule has 0 aliphatic heterocycles. The zero-order chi connectivity index (χ0) is 20.2. The third kappa shape index (κ3) is 4.21. The Morgan fingerprint density at radius 1 is 0.966 bits per heavy atom. The van der Waals surface area contributed by atoms with Crippen molar-refractivity contribution < 1.29 is 13.6 Å². The summed E-state index contributed by atoms with van der Waals surface area (Å²) in [5.74, 6) is -1.98. The van der Waals surface area contributed by atoms with Crippen LogP contribution < -0.4 is 5.32 Å². The highest BCUT2D eigenvalue weighted by molar-refractivity contribution is 6.08. The second kappa shape index (κ2) is 8.06. The smallest absolute Gasteiger partial charge is 0.256 e. The average molecular weight is 389 g/mol. The number of hydrogen-bond acceptors (Lipinski definition) is 2. The van der Waals surface area contributed by atoms with Crippen molar-refractivity contribution in [2.24, 2.45) is 0 Å². The molecule has 4 nitrogen and oxygen atoms in total. The molecule has 0 bridgehead atoms. The number of hydrogen-bond donors (Lipinski definition) is 1. The molecule has 3 aromatic carbocycles. The molecule has 0 aliphatic carbocycles. The normalized spacial score (nSPS) is 10.7. The van der Waals surface area contributed by atoms with Gasteiger partial charge in [0.15, 0.2) is 0 Å². The van der Waals surface area contributed by atoms with Crippen molar-refractivity contribution in [2.75, 3.05) is 5.32 Å². The van der Waals surface area contributed by atoms with Crippen LogP contribution in [-0.4, -0.2) is 15.7 Å². The first-order chi connectivity index (χ1) is 14.1. The maximum Gasteiger partial charge on any atom is 0.256 e. The fourth-order valence-electron chi connectivity index (χ4n) is 3.08. The summed E-state index contributed by atoms with van der Waals surface area (Å²) >= 11 is 0. The third-order valence-electron chi connectivity index (χ3n) is 4.52. The van der Waals surface area contributed by atoms with E-state index in [-0.39, 0.29) is 5.69 Å². The maximum absolute atomic E-state index is 13.9. The van der Waals surface area contributed by atoms with Crippen LogP contribution in [0.1, 0.15) is 15.9 Å². The average Bonchev–Trinajstić information content (AvgIpc) is 3.24. The molecular formula is C23H17F2N3O. The molecular weight excluding hydrogens is 372 g/mol. The molecule has 0 unspecified atom stereocenters. The largest absolute Gasteiger partial charge is 0.319 e. The summed E-state index contributed by atoms with van der Waals surface area (Å²) in [4.78, 5) is 12.7. The van der Waals surface area contributed by atoms with Crippen molar-refractivity contribution in [3.8, 4) is 11.1 Å². The van der Waals surface area contributed by atoms with Gasteiger partial charge in [0, 0.05) is 24.0 Å². The number of aromatic nitrogens is 2. The lowest BCUT2D eigenvalue weighted by atomic mass is 9.98. The SMILES string of the molecule is O=C(Nc1ccc(F)cc1F)c1ccccc1-c1ccc(Cn2cccn2)cc1. The van der Waals surface area contributed by atoms with Crippen LogP contribution in [0.2, 0.25) is 0 Å². The van der Waals surface area contributed by atoms with Gasteiger partial charge in [0.05, 0.1) is 12.2 Å². The van der Waals surface area contributed by atoms with Gasteiger partial charge in [0.25, 0.3) is 5.91 Å². The molecule has 4 rings (SSSR count). The lowest BCUT2D eigenvalue weighted by Gasteiger charge is -2.12. The molecule has 0 radical (unpaired) electrons. The van der Waals surface area contributed by atoms with Crippen LogP contribution >= 0.6 is 0 Å². The molecule has 1 amide bonds. The van der Waals surface area contributed by atoms with Crippen molar-refractivity contribution in [3.63, 3.8) is 0 Å². The second-order valence-electron chi connectivity index (χ2n) is 6.52. The summed E-state index contributed by atoms with van der Waals surface area (Å²) in [5.41, 5.74) is 2.99. The molecule has 144 valence electrons. The molecule has 0 fully saturated rings. The molecule has 1 heterocycles. The van der Waals surface area contributed by atoms with E-state index in [2.05, 4.69) is 10.4 Å². The minimum Gasteiger partial charge on any atom is -0.319 e. The number of halogens is 2. The lowest BCUT2D eigenvalue weighted by Crippen LogP contribution is -2.14. The highest BCUT2D eigenvalue weighted by atomic mass is 19.1. The number of benzene rings is 3. The van der Waals surface area contributed by atoms with Gasteiger partial charge in [-0.2, -0.15) is 5.10 Å². The van der Waals surface area contributed by atoms with Crippen LogP contribution in [-0.2, 0) is 6.54 Å². The van der Waals surface area contributed by atoms with Crippen LogP contribution in [0.5, 0.6) is 0 Å². The van der Waals surface area contributed by atoms with Crippen molar-refractivity contribution >= 4 is 11.6 Å². The molecule has 4 aromatic rings. The second-order valence-corrected chi connectivity index (χ2v) is 6.52. The molecule has 0 spiro atoms. The van der Waals surface area contributed by atoms with Gasteiger partial charge in [-0.1, -0.05) is 42.5 Å². The standard InChI is InChI=1S/C23H17F2N3O/c24-18-10-11-22(21(25)14-18)27-23(29)20-5-2-1-4-19(20)17-8-6-16(7-9-17)15-28-13-3-12-26-28/h1-14H,15H2,(H,27,29). The summed E-state index contributed by atoms with van der Waals surface area (Å²) in [7, 11) is 0. The molecule has 1 N–H and O–H groups in total. The number of carbonyl (C=O) groups excluding carboxylic acids is 1. The van der Waals surface area contributed by atoms with E-state index in [0.717, 1.165) is 28.8 Å². The molecule has 0 atom stereocenters.